The topological polar surface area (TPSA) is 82.1 Å². The van der Waals surface area contributed by atoms with E-state index in [2.05, 4.69) is 10.2 Å². The summed E-state index contributed by atoms with van der Waals surface area (Å²) in [4.78, 5) is 10.3. The van der Waals surface area contributed by atoms with Gasteiger partial charge in [-0.15, -0.1) is 10.2 Å². The van der Waals surface area contributed by atoms with Crippen LogP contribution >= 0.6 is 11.8 Å². The maximum Gasteiger partial charge on any atom is 0.277 e. The molecule has 1 aromatic heterocycles. The summed E-state index contributed by atoms with van der Waals surface area (Å²) in [5.41, 5.74) is 1.69. The van der Waals surface area contributed by atoms with E-state index in [-0.39, 0.29) is 11.6 Å². The minimum absolute atomic E-state index is 0.00538. The first-order chi connectivity index (χ1) is 10.7. The van der Waals surface area contributed by atoms with E-state index < -0.39 is 4.92 Å². The number of nitro groups is 1. The third kappa shape index (κ3) is 3.32. The van der Waals surface area contributed by atoms with Crippen LogP contribution in [0, 0.1) is 10.1 Å². The Morgan fingerprint density at radius 3 is 2.68 bits per heavy atom. The number of non-ortho nitro benzene ring substituents is 1. The van der Waals surface area contributed by atoms with E-state index in [1.54, 1.807) is 12.1 Å². The van der Waals surface area contributed by atoms with Crippen LogP contribution in [0.3, 0.4) is 0 Å². The second-order valence-electron chi connectivity index (χ2n) is 4.45. The molecule has 0 saturated heterocycles. The summed E-state index contributed by atoms with van der Waals surface area (Å²) in [5, 5.41) is 19.1. The monoisotopic (exact) mass is 313 g/mol. The maximum atomic E-state index is 10.8. The number of aromatic nitrogens is 2. The van der Waals surface area contributed by atoms with Crippen molar-refractivity contribution in [3.8, 4) is 11.5 Å². The van der Waals surface area contributed by atoms with Gasteiger partial charge in [-0.25, -0.2) is 0 Å². The van der Waals surface area contributed by atoms with Gasteiger partial charge in [-0.1, -0.05) is 48.2 Å². The average Bonchev–Trinajstić information content (AvgIpc) is 3.03. The van der Waals surface area contributed by atoms with Gasteiger partial charge in [0.05, 0.1) is 4.92 Å². The van der Waals surface area contributed by atoms with E-state index in [0.29, 0.717) is 10.8 Å². The summed E-state index contributed by atoms with van der Waals surface area (Å²) in [6, 6.07) is 16.1. The number of hydrogen-bond acceptors (Lipinski definition) is 6. The van der Waals surface area contributed by atoms with E-state index in [9.17, 15) is 10.1 Å². The van der Waals surface area contributed by atoms with Crippen LogP contribution in [-0.2, 0) is 5.75 Å². The van der Waals surface area contributed by atoms with Crippen LogP contribution in [0.25, 0.3) is 11.5 Å². The fraction of sp³-hybridized carbons (Fsp3) is 0.0667. The third-order valence-corrected chi connectivity index (χ3v) is 3.81. The lowest BCUT2D eigenvalue weighted by Crippen LogP contribution is -1.88. The van der Waals surface area contributed by atoms with Crippen molar-refractivity contribution < 1.29 is 9.34 Å². The highest BCUT2D eigenvalue weighted by Gasteiger charge is 2.13. The van der Waals surface area contributed by atoms with Crippen molar-refractivity contribution in [2.24, 2.45) is 0 Å². The molecule has 0 aliphatic carbocycles. The van der Waals surface area contributed by atoms with Gasteiger partial charge in [0.2, 0.25) is 5.89 Å². The summed E-state index contributed by atoms with van der Waals surface area (Å²) in [6.07, 6.45) is 0. The lowest BCUT2D eigenvalue weighted by molar-refractivity contribution is -0.384. The van der Waals surface area contributed by atoms with Crippen molar-refractivity contribution in [2.45, 2.75) is 11.0 Å². The normalized spacial score (nSPS) is 10.5. The molecule has 0 aliphatic rings. The fourth-order valence-corrected chi connectivity index (χ4v) is 2.58. The van der Waals surface area contributed by atoms with Crippen LogP contribution in [0.1, 0.15) is 5.56 Å². The number of nitro benzene ring substituents is 1. The van der Waals surface area contributed by atoms with E-state index in [0.717, 1.165) is 11.3 Å². The Morgan fingerprint density at radius 2 is 1.91 bits per heavy atom. The van der Waals surface area contributed by atoms with Crippen LogP contribution in [0.5, 0.6) is 0 Å². The average molecular weight is 313 g/mol. The summed E-state index contributed by atoms with van der Waals surface area (Å²) in [5.74, 6) is 0.997. The molecule has 0 unspecified atom stereocenters. The highest BCUT2D eigenvalue weighted by molar-refractivity contribution is 7.98. The molecule has 0 atom stereocenters. The van der Waals surface area contributed by atoms with Gasteiger partial charge in [0, 0.05) is 23.4 Å². The Morgan fingerprint density at radius 1 is 1.09 bits per heavy atom. The molecule has 0 bridgehead atoms. The molecule has 0 spiro atoms. The molecule has 1 heterocycles. The van der Waals surface area contributed by atoms with Crippen molar-refractivity contribution in [1.82, 2.24) is 10.2 Å². The van der Waals surface area contributed by atoms with Gasteiger partial charge in [-0.2, -0.15) is 0 Å². The minimum atomic E-state index is -0.453. The molecule has 110 valence electrons. The van der Waals surface area contributed by atoms with Crippen LogP contribution in [0.2, 0.25) is 0 Å². The molecule has 0 fully saturated rings. The molecular formula is C15H11N3O3S. The summed E-state index contributed by atoms with van der Waals surface area (Å²) >= 11 is 1.43. The molecule has 0 saturated carbocycles. The van der Waals surface area contributed by atoms with Crippen molar-refractivity contribution in [3.63, 3.8) is 0 Å². The smallest absolute Gasteiger partial charge is 0.277 e. The highest BCUT2D eigenvalue weighted by Crippen LogP contribution is 2.27. The number of hydrogen-bond donors (Lipinski definition) is 0. The Kier molecular flexibility index (Phi) is 4.15. The molecule has 22 heavy (non-hydrogen) atoms. The molecular weight excluding hydrogens is 302 g/mol. The van der Waals surface area contributed by atoms with Crippen LogP contribution in [0.4, 0.5) is 5.69 Å². The Balaban J connectivity index is 1.73. The first-order valence-corrected chi connectivity index (χ1v) is 7.46. The van der Waals surface area contributed by atoms with E-state index in [1.807, 2.05) is 30.3 Å². The number of rotatable bonds is 5. The summed E-state index contributed by atoms with van der Waals surface area (Å²) in [6.45, 7) is 0. The van der Waals surface area contributed by atoms with Gasteiger partial charge in [0.1, 0.15) is 0 Å². The number of nitrogens with zero attached hydrogens (tertiary/aromatic N) is 3. The van der Waals surface area contributed by atoms with Crippen molar-refractivity contribution >= 4 is 17.4 Å². The van der Waals surface area contributed by atoms with Gasteiger partial charge in [0.25, 0.3) is 10.9 Å². The molecule has 0 N–H and O–H groups in total. The van der Waals surface area contributed by atoms with Crippen LogP contribution in [0.15, 0.2) is 64.2 Å². The molecule has 0 amide bonds. The molecule has 0 radical (unpaired) electrons. The van der Waals surface area contributed by atoms with Gasteiger partial charge in [-0.05, 0) is 11.6 Å². The largest absolute Gasteiger partial charge is 0.411 e. The molecule has 7 heteroatoms. The third-order valence-electron chi connectivity index (χ3n) is 2.92. The predicted octanol–water partition coefficient (Wildman–Crippen LogP) is 3.94. The first-order valence-electron chi connectivity index (χ1n) is 6.47. The van der Waals surface area contributed by atoms with Crippen LogP contribution < -0.4 is 0 Å². The summed E-state index contributed by atoms with van der Waals surface area (Å²) in [7, 11) is 0. The lowest BCUT2D eigenvalue weighted by Gasteiger charge is -1.97. The zero-order chi connectivity index (χ0) is 15.4. The molecule has 6 nitrogen and oxygen atoms in total. The highest BCUT2D eigenvalue weighted by atomic mass is 32.2. The second kappa shape index (κ2) is 6.40. The number of benzene rings is 2. The Bertz CT molecular complexity index is 789. The van der Waals surface area contributed by atoms with E-state index in [4.69, 9.17) is 4.42 Å². The second-order valence-corrected chi connectivity index (χ2v) is 5.38. The molecule has 2 aromatic carbocycles. The predicted molar refractivity (Wildman–Crippen MR) is 82.4 cm³/mol. The minimum Gasteiger partial charge on any atom is -0.411 e. The molecule has 3 aromatic rings. The molecule has 3 rings (SSSR count). The zero-order valence-corrected chi connectivity index (χ0v) is 12.2. The SMILES string of the molecule is O=[N+]([O-])c1cccc(-c2nnc(SCc3ccccc3)o2)c1. The van der Waals surface area contributed by atoms with Gasteiger partial charge in [0.15, 0.2) is 0 Å². The van der Waals surface area contributed by atoms with Gasteiger partial charge < -0.3 is 4.42 Å². The van der Waals surface area contributed by atoms with Crippen LogP contribution in [-0.4, -0.2) is 15.1 Å². The Labute approximate surface area is 130 Å². The van der Waals surface area contributed by atoms with Gasteiger partial charge in [-0.3, -0.25) is 10.1 Å². The first kappa shape index (κ1) is 14.3. The quantitative estimate of drug-likeness (QED) is 0.403. The Hall–Kier alpha value is -2.67. The van der Waals surface area contributed by atoms with Crippen molar-refractivity contribution in [2.75, 3.05) is 0 Å². The number of thioether (sulfide) groups is 1. The maximum absolute atomic E-state index is 10.8. The lowest BCUT2D eigenvalue weighted by atomic mass is 10.2. The zero-order valence-electron chi connectivity index (χ0n) is 11.4. The summed E-state index contributed by atoms with van der Waals surface area (Å²) < 4.78 is 5.54. The fourth-order valence-electron chi connectivity index (χ4n) is 1.86. The van der Waals surface area contributed by atoms with Crippen molar-refractivity contribution in [1.29, 1.82) is 0 Å². The van der Waals surface area contributed by atoms with E-state index >= 15 is 0 Å². The van der Waals surface area contributed by atoms with Gasteiger partial charge >= 0.3 is 0 Å². The molecule has 0 aliphatic heterocycles. The standard InChI is InChI=1S/C15H11N3O3S/c19-18(20)13-8-4-7-12(9-13)14-16-17-15(21-14)22-10-11-5-2-1-3-6-11/h1-9H,10H2. The van der Waals surface area contributed by atoms with Crippen molar-refractivity contribution in [3.05, 3.63) is 70.3 Å². The van der Waals surface area contributed by atoms with E-state index in [1.165, 1.54) is 23.9 Å².